The van der Waals surface area contributed by atoms with Gasteiger partial charge in [0.15, 0.2) is 0 Å². The zero-order valence-corrected chi connectivity index (χ0v) is 15.4. The van der Waals surface area contributed by atoms with Gasteiger partial charge in [0.2, 0.25) is 0 Å². The summed E-state index contributed by atoms with van der Waals surface area (Å²) in [5, 5.41) is 8.17. The number of carbonyl (C=O) groups excluding carboxylic acids is 1. The average Bonchev–Trinajstić information content (AvgIpc) is 3.04. The number of H-pyrrole nitrogens is 1. The fourth-order valence-corrected chi connectivity index (χ4v) is 2.79. The van der Waals surface area contributed by atoms with Gasteiger partial charge in [-0.25, -0.2) is 4.79 Å². The molecule has 1 N–H and O–H groups in total. The molecule has 0 aliphatic carbocycles. The maximum atomic E-state index is 12.1. The SMILES string of the molecule is CC(C)(C)OC(=O)N1CC=C(c2cc(-c3ccc(Cl)cc3)n[nH]2)CC1. The molecule has 132 valence electrons. The van der Waals surface area contributed by atoms with Crippen molar-refractivity contribution in [1.29, 1.82) is 0 Å². The van der Waals surface area contributed by atoms with Gasteiger partial charge in [-0.1, -0.05) is 29.8 Å². The molecule has 0 spiro atoms. The van der Waals surface area contributed by atoms with Crippen LogP contribution < -0.4 is 0 Å². The zero-order valence-electron chi connectivity index (χ0n) is 14.7. The molecule has 0 saturated carbocycles. The van der Waals surface area contributed by atoms with Crippen LogP contribution in [0.15, 0.2) is 36.4 Å². The van der Waals surface area contributed by atoms with Crippen molar-refractivity contribution in [2.24, 2.45) is 0 Å². The molecule has 6 heteroatoms. The summed E-state index contributed by atoms with van der Waals surface area (Å²) in [6.07, 6.45) is 2.54. The van der Waals surface area contributed by atoms with E-state index in [1.807, 2.05) is 57.2 Å². The first-order valence-corrected chi connectivity index (χ1v) is 8.68. The van der Waals surface area contributed by atoms with Gasteiger partial charge < -0.3 is 9.64 Å². The molecular weight excluding hydrogens is 338 g/mol. The molecule has 1 aliphatic heterocycles. The maximum absolute atomic E-state index is 12.1. The van der Waals surface area contributed by atoms with Gasteiger partial charge in [0, 0.05) is 23.7 Å². The fourth-order valence-electron chi connectivity index (χ4n) is 2.66. The van der Waals surface area contributed by atoms with Gasteiger partial charge in [0.1, 0.15) is 5.60 Å². The lowest BCUT2D eigenvalue weighted by Crippen LogP contribution is -2.39. The van der Waals surface area contributed by atoms with E-state index in [2.05, 4.69) is 10.2 Å². The van der Waals surface area contributed by atoms with Crippen LogP contribution in [0.4, 0.5) is 4.79 Å². The predicted molar refractivity (Wildman–Crippen MR) is 99.4 cm³/mol. The standard InChI is InChI=1S/C19H22ClN3O2/c1-19(2,3)25-18(24)23-10-8-14(9-11-23)17-12-16(21-22-17)13-4-6-15(20)7-5-13/h4-8,12H,9-11H2,1-3H3,(H,21,22). The van der Waals surface area contributed by atoms with Crippen LogP contribution in [-0.2, 0) is 4.74 Å². The Balaban J connectivity index is 1.68. The fraction of sp³-hybridized carbons (Fsp3) is 0.368. The van der Waals surface area contributed by atoms with E-state index in [0.717, 1.165) is 28.9 Å². The van der Waals surface area contributed by atoms with Gasteiger partial charge in [0.25, 0.3) is 0 Å². The highest BCUT2D eigenvalue weighted by Gasteiger charge is 2.24. The summed E-state index contributed by atoms with van der Waals surface area (Å²) < 4.78 is 5.42. The lowest BCUT2D eigenvalue weighted by Gasteiger charge is -2.29. The number of hydrogen-bond donors (Lipinski definition) is 1. The molecule has 2 heterocycles. The lowest BCUT2D eigenvalue weighted by molar-refractivity contribution is 0.0270. The van der Waals surface area contributed by atoms with Gasteiger partial charge in [-0.15, -0.1) is 0 Å². The van der Waals surface area contributed by atoms with Gasteiger partial charge in [-0.3, -0.25) is 5.10 Å². The zero-order chi connectivity index (χ0) is 18.0. The lowest BCUT2D eigenvalue weighted by atomic mass is 10.0. The molecule has 0 unspecified atom stereocenters. The van der Waals surface area contributed by atoms with Crippen LogP contribution in [0.25, 0.3) is 16.8 Å². The largest absolute Gasteiger partial charge is 0.444 e. The van der Waals surface area contributed by atoms with E-state index in [-0.39, 0.29) is 6.09 Å². The van der Waals surface area contributed by atoms with E-state index < -0.39 is 5.60 Å². The third-order valence-corrected chi connectivity index (χ3v) is 4.18. The summed E-state index contributed by atoms with van der Waals surface area (Å²) >= 11 is 5.93. The first-order chi connectivity index (χ1) is 11.8. The molecule has 3 rings (SSSR count). The van der Waals surface area contributed by atoms with Gasteiger partial charge in [-0.05, 0) is 51.0 Å². The quantitative estimate of drug-likeness (QED) is 0.841. The van der Waals surface area contributed by atoms with Crippen LogP contribution in [0.5, 0.6) is 0 Å². The van der Waals surface area contributed by atoms with Gasteiger partial charge in [-0.2, -0.15) is 5.10 Å². The Morgan fingerprint density at radius 2 is 2.00 bits per heavy atom. The number of hydrogen-bond acceptors (Lipinski definition) is 3. The van der Waals surface area contributed by atoms with Gasteiger partial charge >= 0.3 is 6.09 Å². The molecule has 2 aromatic rings. The Kier molecular flexibility index (Phi) is 4.86. The number of aromatic nitrogens is 2. The third kappa shape index (κ3) is 4.42. The number of halogens is 1. The highest BCUT2D eigenvalue weighted by atomic mass is 35.5. The second-order valence-electron chi connectivity index (χ2n) is 7.08. The number of aromatic amines is 1. The van der Waals surface area contributed by atoms with Crippen LogP contribution >= 0.6 is 11.6 Å². The molecule has 25 heavy (non-hydrogen) atoms. The van der Waals surface area contributed by atoms with Crippen molar-refractivity contribution >= 4 is 23.3 Å². The van der Waals surface area contributed by atoms with E-state index in [1.54, 1.807) is 4.90 Å². The molecule has 1 aromatic heterocycles. The minimum atomic E-state index is -0.474. The molecule has 0 saturated heterocycles. The maximum Gasteiger partial charge on any atom is 0.410 e. The van der Waals surface area contributed by atoms with Crippen molar-refractivity contribution in [2.75, 3.05) is 13.1 Å². The topological polar surface area (TPSA) is 58.2 Å². The van der Waals surface area contributed by atoms with Crippen molar-refractivity contribution in [3.63, 3.8) is 0 Å². The molecule has 1 aliphatic rings. The normalized spacial score (nSPS) is 15.0. The summed E-state index contributed by atoms with van der Waals surface area (Å²) in [6.45, 7) is 6.80. The molecule has 0 bridgehead atoms. The van der Waals surface area contributed by atoms with Crippen molar-refractivity contribution in [3.8, 4) is 11.3 Å². The first kappa shape index (κ1) is 17.5. The summed E-state index contributed by atoms with van der Waals surface area (Å²) in [5.41, 5.74) is 3.56. The van der Waals surface area contributed by atoms with E-state index in [1.165, 1.54) is 0 Å². The second kappa shape index (κ2) is 6.92. The Labute approximate surface area is 152 Å². The Morgan fingerprint density at radius 3 is 2.60 bits per heavy atom. The van der Waals surface area contributed by atoms with E-state index in [0.29, 0.717) is 18.1 Å². The van der Waals surface area contributed by atoms with Crippen LogP contribution in [0.2, 0.25) is 5.02 Å². The number of carbonyl (C=O) groups is 1. The van der Waals surface area contributed by atoms with Crippen molar-refractivity contribution in [2.45, 2.75) is 32.8 Å². The molecule has 0 fully saturated rings. The average molecular weight is 360 g/mol. The summed E-state index contributed by atoms with van der Waals surface area (Å²) in [7, 11) is 0. The molecule has 1 amide bonds. The van der Waals surface area contributed by atoms with Crippen molar-refractivity contribution in [3.05, 3.63) is 47.1 Å². The number of rotatable bonds is 2. The second-order valence-corrected chi connectivity index (χ2v) is 7.52. The number of amides is 1. The van der Waals surface area contributed by atoms with Crippen LogP contribution in [0, 0.1) is 0 Å². The number of ether oxygens (including phenoxy) is 1. The third-order valence-electron chi connectivity index (χ3n) is 3.92. The monoisotopic (exact) mass is 359 g/mol. The molecule has 0 atom stereocenters. The molecule has 1 aromatic carbocycles. The highest BCUT2D eigenvalue weighted by Crippen LogP contribution is 2.26. The molecular formula is C19H22ClN3O2. The highest BCUT2D eigenvalue weighted by molar-refractivity contribution is 6.30. The molecule has 0 radical (unpaired) electrons. The number of nitrogens with zero attached hydrogens (tertiary/aromatic N) is 2. The van der Waals surface area contributed by atoms with Gasteiger partial charge in [0.05, 0.1) is 11.4 Å². The van der Waals surface area contributed by atoms with Crippen LogP contribution in [-0.4, -0.2) is 39.9 Å². The number of nitrogens with one attached hydrogen (secondary N) is 1. The van der Waals surface area contributed by atoms with Crippen molar-refractivity contribution < 1.29 is 9.53 Å². The smallest absolute Gasteiger partial charge is 0.410 e. The number of benzene rings is 1. The van der Waals surface area contributed by atoms with Crippen LogP contribution in [0.3, 0.4) is 0 Å². The van der Waals surface area contributed by atoms with E-state index in [4.69, 9.17) is 16.3 Å². The minimum Gasteiger partial charge on any atom is -0.444 e. The Morgan fingerprint density at radius 1 is 1.28 bits per heavy atom. The first-order valence-electron chi connectivity index (χ1n) is 8.30. The predicted octanol–water partition coefficient (Wildman–Crippen LogP) is 4.75. The Bertz CT molecular complexity index is 788. The summed E-state index contributed by atoms with van der Waals surface area (Å²) in [6, 6.07) is 9.62. The minimum absolute atomic E-state index is 0.269. The van der Waals surface area contributed by atoms with Crippen LogP contribution in [0.1, 0.15) is 32.9 Å². The summed E-state index contributed by atoms with van der Waals surface area (Å²) in [4.78, 5) is 13.8. The van der Waals surface area contributed by atoms with E-state index in [9.17, 15) is 4.79 Å². The molecule has 5 nitrogen and oxygen atoms in total. The summed E-state index contributed by atoms with van der Waals surface area (Å²) in [5.74, 6) is 0. The Hall–Kier alpha value is -2.27. The van der Waals surface area contributed by atoms with E-state index >= 15 is 0 Å². The van der Waals surface area contributed by atoms with Crippen molar-refractivity contribution in [1.82, 2.24) is 15.1 Å².